The molecular weight excluding hydrogens is 358 g/mol. The van der Waals surface area contributed by atoms with Gasteiger partial charge in [-0.1, -0.05) is 52.4 Å². The molecule has 150 valence electrons. The summed E-state index contributed by atoms with van der Waals surface area (Å²) in [4.78, 5) is 22.9. The molecule has 0 atom stereocenters. The fourth-order valence-electron chi connectivity index (χ4n) is 2.08. The largest absolute Gasteiger partial charge is 0.435 e. The molecule has 0 aromatic rings. The third-order valence-corrected chi connectivity index (χ3v) is 3.57. The van der Waals surface area contributed by atoms with Gasteiger partial charge >= 0.3 is 11.9 Å². The van der Waals surface area contributed by atoms with Gasteiger partial charge in [0.15, 0.2) is 34.7 Å². The number of unbranched alkanes of at least 4 members (excludes halogenated alkanes) is 8. The maximum Gasteiger partial charge on any atom is 0.311 e. The van der Waals surface area contributed by atoms with Gasteiger partial charge in [0, 0.05) is 0 Å². The third-order valence-electron chi connectivity index (χ3n) is 3.57. The first kappa shape index (κ1) is 30.2. The Morgan fingerprint density at radius 1 is 0.654 bits per heavy atom. The van der Waals surface area contributed by atoms with E-state index in [2.05, 4.69) is 13.8 Å². The Hall–Kier alpha value is -0.515. The molecule has 0 unspecified atom stereocenters. The van der Waals surface area contributed by atoms with Crippen LogP contribution in [0.1, 0.15) is 90.9 Å². The number of hydrogen-bond acceptors (Lipinski definition) is 4. The summed E-state index contributed by atoms with van der Waals surface area (Å²) in [5.41, 5.74) is 0. The van der Waals surface area contributed by atoms with E-state index < -0.39 is 11.9 Å². The molecule has 0 aromatic heterocycles. The Labute approximate surface area is 181 Å². The second kappa shape index (κ2) is 24.5. The molecule has 0 amide bonds. The Morgan fingerprint density at radius 2 is 1.04 bits per heavy atom. The van der Waals surface area contributed by atoms with E-state index in [4.69, 9.17) is 9.47 Å². The van der Waals surface area contributed by atoms with Crippen molar-refractivity contribution in [3.05, 3.63) is 24.7 Å². The lowest BCUT2D eigenvalue weighted by atomic mass is 10.1. The summed E-state index contributed by atoms with van der Waals surface area (Å²) in [7, 11) is 0. The van der Waals surface area contributed by atoms with Gasteiger partial charge in [0.2, 0.25) is 0 Å². The van der Waals surface area contributed by atoms with E-state index in [0.717, 1.165) is 25.7 Å². The van der Waals surface area contributed by atoms with Gasteiger partial charge in [0.05, 0.1) is 25.4 Å². The van der Waals surface area contributed by atoms with E-state index in [1.807, 2.05) is 12.2 Å². The highest BCUT2D eigenvalue weighted by Gasteiger charge is 2.07. The highest BCUT2D eigenvalue weighted by Crippen LogP contribution is 2.04. The van der Waals surface area contributed by atoms with Crippen LogP contribution in [0, 0.1) is 0 Å². The molecule has 0 aliphatic carbocycles. The van der Waals surface area contributed by atoms with Gasteiger partial charge in [-0.05, 0) is 37.8 Å². The minimum atomic E-state index is -0.402. The molecular formula is C20H40Al2O4. The number of ether oxygens (including phenoxy) is 2. The lowest BCUT2D eigenvalue weighted by Gasteiger charge is -2.00. The molecule has 0 aliphatic heterocycles. The van der Waals surface area contributed by atoms with Crippen LogP contribution in [0.15, 0.2) is 24.7 Å². The Morgan fingerprint density at radius 3 is 1.38 bits per heavy atom. The fourth-order valence-corrected chi connectivity index (χ4v) is 2.08. The zero-order valence-electron chi connectivity index (χ0n) is 15.4. The van der Waals surface area contributed by atoms with Crippen molar-refractivity contribution >= 4 is 46.7 Å². The molecule has 0 fully saturated rings. The highest BCUT2D eigenvalue weighted by molar-refractivity contribution is 5.78. The highest BCUT2D eigenvalue weighted by atomic mass is 27.0. The van der Waals surface area contributed by atoms with E-state index in [1.165, 1.54) is 51.0 Å². The number of rotatable bonds is 15. The monoisotopic (exact) mass is 398 g/mol. The maximum atomic E-state index is 11.5. The summed E-state index contributed by atoms with van der Waals surface area (Å²) in [6, 6.07) is 0. The number of hydrogen-bond donors (Lipinski definition) is 0. The molecule has 6 heteroatoms. The van der Waals surface area contributed by atoms with E-state index in [1.54, 1.807) is 0 Å². The van der Waals surface area contributed by atoms with Crippen molar-refractivity contribution in [2.45, 2.75) is 90.9 Å². The Bertz CT molecular complexity index is 346. The van der Waals surface area contributed by atoms with Gasteiger partial charge in [-0.2, -0.15) is 0 Å². The Balaban J connectivity index is -0.00000264. The summed E-state index contributed by atoms with van der Waals surface area (Å²) in [6.45, 7) is 4.35. The normalized spacial score (nSPS) is 10.4. The molecule has 0 aromatic carbocycles. The van der Waals surface area contributed by atoms with Crippen molar-refractivity contribution in [2.75, 3.05) is 0 Å². The van der Waals surface area contributed by atoms with Gasteiger partial charge in [-0.15, -0.1) is 0 Å². The fraction of sp³-hybridized carbons (Fsp3) is 0.700. The molecule has 0 spiro atoms. The lowest BCUT2D eigenvalue weighted by molar-refractivity contribution is -0.144. The second-order valence-electron chi connectivity index (χ2n) is 5.92. The molecule has 0 aliphatic rings. The summed E-state index contributed by atoms with van der Waals surface area (Å²) < 4.78 is 9.87. The van der Waals surface area contributed by atoms with Gasteiger partial charge < -0.3 is 9.47 Å². The van der Waals surface area contributed by atoms with Crippen LogP contribution in [0.3, 0.4) is 0 Å². The van der Waals surface area contributed by atoms with Crippen LogP contribution in [-0.4, -0.2) is 46.7 Å². The van der Waals surface area contributed by atoms with Crippen LogP contribution >= 0.6 is 0 Å². The number of allylic oxidation sites excluding steroid dienone is 2. The molecule has 0 radical (unpaired) electrons. The number of carbonyl (C=O) groups excluding carboxylic acids is 2. The zero-order chi connectivity index (χ0) is 17.9. The minimum Gasteiger partial charge on any atom is -0.435 e. The molecule has 26 heavy (non-hydrogen) atoms. The van der Waals surface area contributed by atoms with Gasteiger partial charge in [0.25, 0.3) is 0 Å². The van der Waals surface area contributed by atoms with Crippen LogP contribution in [-0.2, 0) is 19.1 Å². The number of esters is 2. The predicted molar refractivity (Wildman–Crippen MR) is 117 cm³/mol. The molecule has 0 heterocycles. The second-order valence-corrected chi connectivity index (χ2v) is 5.92. The van der Waals surface area contributed by atoms with E-state index >= 15 is 0 Å². The van der Waals surface area contributed by atoms with Crippen LogP contribution in [0.2, 0.25) is 0 Å². The molecule has 4 nitrogen and oxygen atoms in total. The van der Waals surface area contributed by atoms with Gasteiger partial charge in [-0.3, -0.25) is 9.59 Å². The summed E-state index contributed by atoms with van der Waals surface area (Å²) in [5, 5.41) is 0. The van der Waals surface area contributed by atoms with Crippen molar-refractivity contribution in [1.29, 1.82) is 0 Å². The quantitative estimate of drug-likeness (QED) is 0.183. The Kier molecular flexibility index (Phi) is 28.5. The van der Waals surface area contributed by atoms with E-state index in [9.17, 15) is 9.59 Å². The smallest absolute Gasteiger partial charge is 0.311 e. The number of carbonyl (C=O) groups is 2. The molecule has 0 N–H and O–H groups in total. The van der Waals surface area contributed by atoms with Gasteiger partial charge in [-0.25, -0.2) is 0 Å². The average molecular weight is 399 g/mol. The molecule has 0 bridgehead atoms. The first-order valence-electron chi connectivity index (χ1n) is 9.39. The maximum absolute atomic E-state index is 11.5. The molecule has 0 saturated carbocycles. The lowest BCUT2D eigenvalue weighted by Crippen LogP contribution is -2.06. The van der Waals surface area contributed by atoms with Crippen molar-refractivity contribution in [1.82, 2.24) is 0 Å². The first-order chi connectivity index (χ1) is 11.7. The van der Waals surface area contributed by atoms with E-state index in [-0.39, 0.29) is 47.6 Å². The molecule has 0 saturated heterocycles. The summed E-state index contributed by atoms with van der Waals surface area (Å²) in [6.07, 6.45) is 18.0. The summed E-state index contributed by atoms with van der Waals surface area (Å²) in [5.74, 6) is -0.805. The standard InChI is InChI=1S/C20H34O4.2Al.6H/c1-3-5-7-9-11-13-17-23-19(21)15-16-20(22)24-18-14-12-10-8-6-4-2;;;;;;;;/h13-14,17-18H,3-12,15-16H2,1-2H3;;;;;;;;. The van der Waals surface area contributed by atoms with Crippen LogP contribution in [0.5, 0.6) is 0 Å². The summed E-state index contributed by atoms with van der Waals surface area (Å²) >= 11 is 0. The van der Waals surface area contributed by atoms with Crippen molar-refractivity contribution < 1.29 is 19.1 Å². The van der Waals surface area contributed by atoms with Crippen LogP contribution in [0.4, 0.5) is 0 Å². The third kappa shape index (κ3) is 23.5. The predicted octanol–water partition coefficient (Wildman–Crippen LogP) is 3.45. The van der Waals surface area contributed by atoms with Crippen molar-refractivity contribution in [2.24, 2.45) is 0 Å². The van der Waals surface area contributed by atoms with Gasteiger partial charge in [0.1, 0.15) is 0 Å². The molecule has 0 rings (SSSR count). The average Bonchev–Trinajstić information content (AvgIpc) is 2.58. The minimum absolute atomic E-state index is 0. The van der Waals surface area contributed by atoms with E-state index in [0.29, 0.717) is 0 Å². The first-order valence-corrected chi connectivity index (χ1v) is 9.39. The van der Waals surface area contributed by atoms with Crippen LogP contribution < -0.4 is 0 Å². The SMILES string of the molecule is CCCCCCC=COC(=O)CCC(=O)OC=CCCCCCC.[AlH3].[AlH3]. The van der Waals surface area contributed by atoms with Crippen molar-refractivity contribution in [3.63, 3.8) is 0 Å². The van der Waals surface area contributed by atoms with Crippen LogP contribution in [0.25, 0.3) is 0 Å². The topological polar surface area (TPSA) is 52.6 Å². The van der Waals surface area contributed by atoms with Crippen molar-refractivity contribution in [3.8, 4) is 0 Å². The zero-order valence-corrected chi connectivity index (χ0v) is 15.4.